The summed E-state index contributed by atoms with van der Waals surface area (Å²) in [6, 6.07) is -0.270. The summed E-state index contributed by atoms with van der Waals surface area (Å²) in [4.78, 5) is 23.2. The highest BCUT2D eigenvalue weighted by molar-refractivity contribution is 5.75. The van der Waals surface area contributed by atoms with Gasteiger partial charge in [0.15, 0.2) is 0 Å². The Morgan fingerprint density at radius 3 is 1.91 bits per heavy atom. The molecule has 0 aliphatic heterocycles. The number of hydrogen-bond donors (Lipinski definition) is 2. The highest BCUT2D eigenvalue weighted by Gasteiger charge is 2.19. The summed E-state index contributed by atoms with van der Waals surface area (Å²) in [5.41, 5.74) is 0. The van der Waals surface area contributed by atoms with Gasteiger partial charge in [0.05, 0.1) is 13.2 Å². The molecule has 6 nitrogen and oxygen atoms in total. The molecular weight excluding hydrogens is 284 g/mol. The molecule has 4 atom stereocenters. The normalized spacial score (nSPS) is 16.7. The highest BCUT2D eigenvalue weighted by Crippen LogP contribution is 2.07. The van der Waals surface area contributed by atoms with E-state index in [0.29, 0.717) is 0 Å². The number of methoxy groups -OCH3 is 1. The Labute approximate surface area is 134 Å². The zero-order chi connectivity index (χ0) is 17.3. The van der Waals surface area contributed by atoms with Gasteiger partial charge in [-0.2, -0.15) is 0 Å². The number of ether oxygens (including phenoxy) is 2. The molecule has 0 amide bonds. The molecule has 0 aromatic heterocycles. The number of hydrogen-bond acceptors (Lipinski definition) is 6. The highest BCUT2D eigenvalue weighted by atomic mass is 16.5. The summed E-state index contributed by atoms with van der Waals surface area (Å²) < 4.78 is 10.1. The third kappa shape index (κ3) is 9.00. The largest absolute Gasteiger partial charge is 0.468 e. The van der Waals surface area contributed by atoms with Gasteiger partial charge in [0, 0.05) is 12.1 Å². The van der Waals surface area contributed by atoms with E-state index in [1.54, 1.807) is 13.8 Å². The third-order valence-electron chi connectivity index (χ3n) is 3.35. The summed E-state index contributed by atoms with van der Waals surface area (Å²) >= 11 is 0. The minimum atomic E-state index is -0.340. The van der Waals surface area contributed by atoms with Crippen molar-refractivity contribution in [2.45, 2.75) is 84.7 Å². The second kappa shape index (κ2) is 10.6. The second-order valence-corrected chi connectivity index (χ2v) is 6.18. The molecule has 130 valence electrons. The fourth-order valence-electron chi connectivity index (χ4n) is 2.17. The van der Waals surface area contributed by atoms with Gasteiger partial charge in [0.25, 0.3) is 0 Å². The van der Waals surface area contributed by atoms with Gasteiger partial charge in [0.1, 0.15) is 12.1 Å². The molecule has 0 aromatic rings. The molecule has 0 bridgehead atoms. The molecule has 0 heterocycles. The van der Waals surface area contributed by atoms with Gasteiger partial charge in [-0.25, -0.2) is 0 Å². The molecule has 0 rings (SSSR count). The minimum absolute atomic E-state index is 0.140. The van der Waals surface area contributed by atoms with Gasteiger partial charge >= 0.3 is 11.9 Å². The van der Waals surface area contributed by atoms with Crippen molar-refractivity contribution >= 4 is 11.9 Å². The monoisotopic (exact) mass is 316 g/mol. The first-order chi connectivity index (χ1) is 10.2. The Bertz CT molecular complexity index is 347. The maximum Gasteiger partial charge on any atom is 0.323 e. The van der Waals surface area contributed by atoms with Crippen LogP contribution >= 0.6 is 0 Å². The van der Waals surface area contributed by atoms with Crippen molar-refractivity contribution in [2.24, 2.45) is 0 Å². The number of rotatable bonds is 10. The third-order valence-corrected chi connectivity index (χ3v) is 3.35. The lowest BCUT2D eigenvalue weighted by molar-refractivity contribution is -0.150. The zero-order valence-corrected chi connectivity index (χ0v) is 14.9. The van der Waals surface area contributed by atoms with Crippen molar-refractivity contribution in [1.82, 2.24) is 10.6 Å². The molecule has 3 unspecified atom stereocenters. The van der Waals surface area contributed by atoms with Crippen molar-refractivity contribution in [3.63, 3.8) is 0 Å². The summed E-state index contributed by atoms with van der Waals surface area (Å²) in [7, 11) is 1.37. The lowest BCUT2D eigenvalue weighted by Gasteiger charge is -2.22. The topological polar surface area (TPSA) is 76.7 Å². The quantitative estimate of drug-likeness (QED) is 0.597. The van der Waals surface area contributed by atoms with E-state index in [1.165, 1.54) is 7.11 Å². The van der Waals surface area contributed by atoms with E-state index < -0.39 is 0 Å². The van der Waals surface area contributed by atoms with E-state index in [9.17, 15) is 9.59 Å². The average molecular weight is 316 g/mol. The summed E-state index contributed by atoms with van der Waals surface area (Å²) in [6.45, 7) is 11.4. The molecule has 0 radical (unpaired) electrons. The van der Waals surface area contributed by atoms with Crippen LogP contribution in [0.25, 0.3) is 0 Å². The van der Waals surface area contributed by atoms with Gasteiger partial charge in [-0.3, -0.25) is 9.59 Å². The standard InChI is InChI=1S/C16H32N2O4/c1-10(2)17-14(6)16(20)22-12(4)9-8-11(3)18-13(5)15(19)21-7/h10-14,17-18H,8-9H2,1-7H3/t11?,12?,13-,14?/m0/s1. The summed E-state index contributed by atoms with van der Waals surface area (Å²) in [5, 5.41) is 6.28. The van der Waals surface area contributed by atoms with E-state index in [1.807, 2.05) is 27.7 Å². The Morgan fingerprint density at radius 1 is 0.864 bits per heavy atom. The smallest absolute Gasteiger partial charge is 0.323 e. The SMILES string of the molecule is COC(=O)[C@H](C)NC(C)CCC(C)OC(=O)C(C)NC(C)C. The first-order valence-electron chi connectivity index (χ1n) is 7.97. The fraction of sp³-hybridized carbons (Fsp3) is 0.875. The zero-order valence-electron chi connectivity index (χ0n) is 14.9. The molecule has 6 heteroatoms. The number of nitrogens with one attached hydrogen (secondary N) is 2. The van der Waals surface area contributed by atoms with Gasteiger partial charge < -0.3 is 20.1 Å². The maximum absolute atomic E-state index is 11.9. The molecule has 0 fully saturated rings. The first kappa shape index (κ1) is 20.9. The van der Waals surface area contributed by atoms with Crippen molar-refractivity contribution < 1.29 is 19.1 Å². The number of carbonyl (C=O) groups excluding carboxylic acids is 2. The van der Waals surface area contributed by atoms with E-state index in [0.717, 1.165) is 12.8 Å². The van der Waals surface area contributed by atoms with Crippen LogP contribution in [-0.4, -0.2) is 49.3 Å². The van der Waals surface area contributed by atoms with Crippen molar-refractivity contribution in [1.29, 1.82) is 0 Å². The van der Waals surface area contributed by atoms with Gasteiger partial charge in [0.2, 0.25) is 0 Å². The van der Waals surface area contributed by atoms with Crippen molar-refractivity contribution in [3.05, 3.63) is 0 Å². The molecule has 0 aliphatic carbocycles. The average Bonchev–Trinajstić information content (AvgIpc) is 2.43. The van der Waals surface area contributed by atoms with Crippen LogP contribution < -0.4 is 10.6 Å². The Morgan fingerprint density at radius 2 is 1.41 bits per heavy atom. The molecule has 0 spiro atoms. The van der Waals surface area contributed by atoms with Crippen molar-refractivity contribution in [2.75, 3.05) is 7.11 Å². The molecule has 0 saturated carbocycles. The predicted molar refractivity (Wildman–Crippen MR) is 86.6 cm³/mol. The van der Waals surface area contributed by atoms with Gasteiger partial charge in [-0.05, 0) is 40.5 Å². The predicted octanol–water partition coefficient (Wildman–Crippen LogP) is 1.62. The lowest BCUT2D eigenvalue weighted by Crippen LogP contribution is -2.42. The summed E-state index contributed by atoms with van der Waals surface area (Å²) in [5.74, 6) is -0.510. The van der Waals surface area contributed by atoms with Crippen molar-refractivity contribution in [3.8, 4) is 0 Å². The van der Waals surface area contributed by atoms with Crippen LogP contribution in [0.4, 0.5) is 0 Å². The van der Waals surface area contributed by atoms with Crippen LogP contribution in [0, 0.1) is 0 Å². The molecule has 0 saturated heterocycles. The van der Waals surface area contributed by atoms with Gasteiger partial charge in [-0.1, -0.05) is 13.8 Å². The summed E-state index contributed by atoms with van der Waals surface area (Å²) in [6.07, 6.45) is 1.39. The Balaban J connectivity index is 4.04. The number of esters is 2. The lowest BCUT2D eigenvalue weighted by atomic mass is 10.1. The van der Waals surface area contributed by atoms with E-state index in [-0.39, 0.29) is 42.2 Å². The molecule has 0 aliphatic rings. The van der Waals surface area contributed by atoms with Crippen LogP contribution in [-0.2, 0) is 19.1 Å². The number of carbonyl (C=O) groups is 2. The van der Waals surface area contributed by atoms with Crippen LogP contribution in [0.3, 0.4) is 0 Å². The molecule has 22 heavy (non-hydrogen) atoms. The molecular formula is C16H32N2O4. The maximum atomic E-state index is 11.9. The molecule has 0 aromatic carbocycles. The minimum Gasteiger partial charge on any atom is -0.468 e. The Kier molecular flexibility index (Phi) is 10.0. The van der Waals surface area contributed by atoms with E-state index in [4.69, 9.17) is 4.74 Å². The first-order valence-corrected chi connectivity index (χ1v) is 7.97. The van der Waals surface area contributed by atoms with Crippen LogP contribution in [0.2, 0.25) is 0 Å². The molecule has 2 N–H and O–H groups in total. The second-order valence-electron chi connectivity index (χ2n) is 6.18. The van der Waals surface area contributed by atoms with Gasteiger partial charge in [-0.15, -0.1) is 0 Å². The fourth-order valence-corrected chi connectivity index (χ4v) is 2.17. The van der Waals surface area contributed by atoms with Crippen LogP contribution in [0.15, 0.2) is 0 Å². The van der Waals surface area contributed by atoms with E-state index in [2.05, 4.69) is 15.4 Å². The van der Waals surface area contributed by atoms with Crippen LogP contribution in [0.1, 0.15) is 54.4 Å². The van der Waals surface area contributed by atoms with Crippen LogP contribution in [0.5, 0.6) is 0 Å². The Hall–Kier alpha value is -1.14. The van der Waals surface area contributed by atoms with E-state index >= 15 is 0 Å².